The molecule has 0 nitrogen and oxygen atoms in total. The van der Waals surface area contributed by atoms with Gasteiger partial charge in [0.2, 0.25) is 0 Å². The molecule has 0 aliphatic carbocycles. The van der Waals surface area contributed by atoms with Crippen LogP contribution >= 0.6 is 9.69 Å². The van der Waals surface area contributed by atoms with Crippen LogP contribution in [-0.4, -0.2) is 0 Å². The number of allylic oxidation sites excluding steroid dienone is 1. The summed E-state index contributed by atoms with van der Waals surface area (Å²) in [4.78, 5) is 0. The molecular weight excluding hydrogens is 173 g/mol. The molecule has 0 spiro atoms. The summed E-state index contributed by atoms with van der Waals surface area (Å²) in [5.41, 5.74) is 0. The van der Waals surface area contributed by atoms with E-state index in [-0.39, 0.29) is 0 Å². The van der Waals surface area contributed by atoms with Crippen molar-refractivity contribution in [2.24, 2.45) is 0 Å². The summed E-state index contributed by atoms with van der Waals surface area (Å²) in [6, 6.07) is 0. The third kappa shape index (κ3) is 15.9. The van der Waals surface area contributed by atoms with Crippen LogP contribution in [0.25, 0.3) is 0 Å². The van der Waals surface area contributed by atoms with E-state index < -0.39 is 0 Å². The Balaban J connectivity index is 0. The normalized spacial score (nSPS) is 7.00. The van der Waals surface area contributed by atoms with Gasteiger partial charge in [-0.05, 0) is 6.42 Å². The van der Waals surface area contributed by atoms with Crippen LogP contribution in [0.2, 0.25) is 0 Å². The second-order valence-corrected chi connectivity index (χ2v) is 1.28. The molecule has 44 valence electrons. The van der Waals surface area contributed by atoms with E-state index in [9.17, 15) is 0 Å². The Labute approximate surface area is 66.0 Å². The Morgan fingerprint density at radius 1 is 1.62 bits per heavy atom. The van der Waals surface area contributed by atoms with Gasteiger partial charge < -0.3 is 6.92 Å². The molecule has 0 rings (SSSR count). The van der Waals surface area contributed by atoms with Crippen molar-refractivity contribution < 1.29 is 17.3 Å². The Bertz CT molecular complexity index is 37.5. The van der Waals surface area contributed by atoms with Gasteiger partial charge in [-0.2, -0.15) is 6.42 Å². The monoisotopic (exact) mass is 182 g/mol. The van der Waals surface area contributed by atoms with Crippen LogP contribution in [0.3, 0.4) is 0 Å². The number of halogens is 1. The van der Waals surface area contributed by atoms with E-state index in [0.29, 0.717) is 0 Å². The zero-order valence-electron chi connectivity index (χ0n) is 5.20. The number of hydrogen-bond donors (Lipinski definition) is 0. The number of unbranched alkanes of at least 4 members (excludes halogenated alkanes) is 2. The number of hydrogen-bond acceptors (Lipinski definition) is 0. The van der Waals surface area contributed by atoms with Crippen molar-refractivity contribution in [2.75, 3.05) is 0 Å². The molecule has 0 atom stereocenters. The molecule has 0 amide bonds. The Hall–Kier alpha value is 0.653. The summed E-state index contributed by atoms with van der Waals surface area (Å²) in [6.07, 6.45) is 5.25. The van der Waals surface area contributed by atoms with Crippen LogP contribution in [0.5, 0.6) is 0 Å². The minimum absolute atomic E-state index is 0.847. The van der Waals surface area contributed by atoms with Crippen molar-refractivity contribution in [1.29, 1.82) is 0 Å². The molecule has 8 heavy (non-hydrogen) atoms. The van der Waals surface area contributed by atoms with Crippen molar-refractivity contribution in [3.05, 3.63) is 19.6 Å². The van der Waals surface area contributed by atoms with Crippen LogP contribution in [0.4, 0.5) is 0 Å². The summed E-state index contributed by atoms with van der Waals surface area (Å²) >= 11 is 0.847. The molecule has 2 heteroatoms. The first-order valence-electron chi connectivity index (χ1n) is 2.58. The van der Waals surface area contributed by atoms with E-state index in [4.69, 9.17) is 9.69 Å². The number of rotatable bonds is 3. The molecule has 0 fully saturated rings. The summed E-state index contributed by atoms with van der Waals surface area (Å²) in [5.74, 6) is 0. The van der Waals surface area contributed by atoms with Gasteiger partial charge in [0.15, 0.2) is 0 Å². The molecule has 0 aliphatic heterocycles. The predicted molar refractivity (Wildman–Crippen MR) is 35.3 cm³/mol. The first-order chi connectivity index (χ1) is 3.91. The maximum absolute atomic E-state index is 4.76. The summed E-state index contributed by atoms with van der Waals surface area (Å²) < 4.78 is 0. The van der Waals surface area contributed by atoms with E-state index >= 15 is 0 Å². The molecule has 0 unspecified atom stereocenters. The first kappa shape index (κ1) is 11.5. The SMILES string of the molecule is C=CCCC[CH2-].[Cl][Zn+]. The molecule has 0 saturated heterocycles. The standard InChI is InChI=1S/C6H11.ClH.Zn/c1-3-5-6-4-2;;/h3H,1-2,4-6H2;1H;/q-1;;+2/p-1. The minimum atomic E-state index is 0.847. The Morgan fingerprint density at radius 3 is 2.25 bits per heavy atom. The second kappa shape index (κ2) is 15.6. The topological polar surface area (TPSA) is 0 Å². The first-order valence-corrected chi connectivity index (χ1v) is 6.48. The average Bonchev–Trinajstić information content (AvgIpc) is 1.88. The molecule has 0 N–H and O–H groups in total. The van der Waals surface area contributed by atoms with E-state index in [1.54, 1.807) is 0 Å². The van der Waals surface area contributed by atoms with E-state index in [0.717, 1.165) is 30.2 Å². The van der Waals surface area contributed by atoms with Gasteiger partial charge >= 0.3 is 27.0 Å². The Morgan fingerprint density at radius 2 is 2.12 bits per heavy atom. The van der Waals surface area contributed by atoms with Gasteiger partial charge in [-0.3, -0.25) is 0 Å². The molecule has 0 heterocycles. The third-order valence-electron chi connectivity index (χ3n) is 0.658. The summed E-state index contributed by atoms with van der Waals surface area (Å²) in [7, 11) is 4.76. The van der Waals surface area contributed by atoms with Gasteiger partial charge in [-0.1, -0.05) is 12.5 Å². The quantitative estimate of drug-likeness (QED) is 0.274. The molecule has 0 bridgehead atoms. The van der Waals surface area contributed by atoms with Gasteiger partial charge in [0.1, 0.15) is 0 Å². The average molecular weight is 184 g/mol. The van der Waals surface area contributed by atoms with Crippen LogP contribution in [0, 0.1) is 6.92 Å². The zero-order valence-corrected chi connectivity index (χ0v) is 8.92. The van der Waals surface area contributed by atoms with Crippen LogP contribution in [0.15, 0.2) is 12.7 Å². The molecule has 0 aromatic rings. The summed E-state index contributed by atoms with van der Waals surface area (Å²) in [5, 5.41) is 0. The van der Waals surface area contributed by atoms with Gasteiger partial charge in [-0.15, -0.1) is 6.58 Å². The fraction of sp³-hybridized carbons (Fsp3) is 0.500. The predicted octanol–water partition coefficient (Wildman–Crippen LogP) is 2.86. The second-order valence-electron chi connectivity index (χ2n) is 1.28. The molecule has 0 radical (unpaired) electrons. The van der Waals surface area contributed by atoms with Crippen molar-refractivity contribution in [3.8, 4) is 0 Å². The zero-order chi connectivity index (χ0) is 6.83. The molecule has 0 aromatic heterocycles. The van der Waals surface area contributed by atoms with Crippen molar-refractivity contribution in [3.63, 3.8) is 0 Å². The van der Waals surface area contributed by atoms with E-state index in [1.807, 2.05) is 6.08 Å². The van der Waals surface area contributed by atoms with E-state index in [2.05, 4.69) is 13.5 Å². The molecule has 0 saturated carbocycles. The maximum atomic E-state index is 4.76. The molecular formula is C6H11ClZn. The Kier molecular flexibility index (Phi) is 22.4. The summed E-state index contributed by atoms with van der Waals surface area (Å²) in [6.45, 7) is 7.25. The van der Waals surface area contributed by atoms with Crippen LogP contribution in [-0.2, 0) is 17.3 Å². The van der Waals surface area contributed by atoms with Gasteiger partial charge in [0, 0.05) is 0 Å². The third-order valence-corrected chi connectivity index (χ3v) is 0.658. The van der Waals surface area contributed by atoms with Gasteiger partial charge in [0.05, 0.1) is 0 Å². The van der Waals surface area contributed by atoms with E-state index in [1.165, 1.54) is 6.42 Å². The van der Waals surface area contributed by atoms with Crippen LogP contribution < -0.4 is 0 Å². The fourth-order valence-electron chi connectivity index (χ4n) is 0.289. The van der Waals surface area contributed by atoms with Crippen molar-refractivity contribution in [2.45, 2.75) is 19.3 Å². The van der Waals surface area contributed by atoms with Gasteiger partial charge in [0.25, 0.3) is 0 Å². The van der Waals surface area contributed by atoms with Crippen molar-refractivity contribution >= 4 is 9.69 Å². The fourth-order valence-corrected chi connectivity index (χ4v) is 0.289. The van der Waals surface area contributed by atoms with Crippen LogP contribution in [0.1, 0.15) is 19.3 Å². The van der Waals surface area contributed by atoms with Gasteiger partial charge in [-0.25, -0.2) is 0 Å². The molecule has 0 aromatic carbocycles. The molecule has 0 aliphatic rings. The van der Waals surface area contributed by atoms with Crippen molar-refractivity contribution in [1.82, 2.24) is 0 Å².